The third-order valence-corrected chi connectivity index (χ3v) is 4.58. The van der Waals surface area contributed by atoms with Crippen molar-refractivity contribution >= 4 is 11.3 Å². The minimum atomic E-state index is 1.01. The van der Waals surface area contributed by atoms with Crippen LogP contribution in [0.25, 0.3) is 21.8 Å². The van der Waals surface area contributed by atoms with Gasteiger partial charge < -0.3 is 0 Å². The molecule has 3 aromatic rings. The van der Waals surface area contributed by atoms with Gasteiger partial charge in [0.15, 0.2) is 0 Å². The maximum atomic E-state index is 4.82. The summed E-state index contributed by atoms with van der Waals surface area (Å²) >= 11 is 1.68. The Morgan fingerprint density at radius 1 is 0.870 bits per heavy atom. The average Bonchev–Trinajstić information content (AvgIpc) is 3.06. The molecule has 0 aliphatic heterocycles. The van der Waals surface area contributed by atoms with Crippen LogP contribution in [0.2, 0.25) is 0 Å². The van der Waals surface area contributed by atoms with Crippen molar-refractivity contribution in [2.45, 2.75) is 39.5 Å². The van der Waals surface area contributed by atoms with Gasteiger partial charge in [0, 0.05) is 40.3 Å². The van der Waals surface area contributed by atoms with E-state index in [1.807, 2.05) is 24.5 Å². The highest BCUT2D eigenvalue weighted by Crippen LogP contribution is 2.29. The zero-order valence-corrected chi connectivity index (χ0v) is 14.4. The normalized spacial score (nSPS) is 10.9. The molecule has 3 aromatic heterocycles. The average molecular weight is 323 g/mol. The smallest absolute Gasteiger partial charge is 0.124 e. The van der Waals surface area contributed by atoms with E-state index >= 15 is 0 Å². The van der Waals surface area contributed by atoms with Crippen LogP contribution < -0.4 is 0 Å². The van der Waals surface area contributed by atoms with E-state index in [1.54, 1.807) is 11.3 Å². The summed E-state index contributed by atoms with van der Waals surface area (Å²) in [4.78, 5) is 13.7. The van der Waals surface area contributed by atoms with Crippen LogP contribution in [0.5, 0.6) is 0 Å². The molecule has 0 amide bonds. The molecule has 0 N–H and O–H groups in total. The Hall–Kier alpha value is -2.07. The van der Waals surface area contributed by atoms with Gasteiger partial charge in [-0.1, -0.05) is 26.7 Å². The van der Waals surface area contributed by atoms with Gasteiger partial charge in [0.25, 0.3) is 0 Å². The summed E-state index contributed by atoms with van der Waals surface area (Å²) < 4.78 is 0. The first-order valence-electron chi connectivity index (χ1n) is 8.16. The highest BCUT2D eigenvalue weighted by Gasteiger charge is 2.08. The second-order valence-electron chi connectivity index (χ2n) is 5.61. The van der Waals surface area contributed by atoms with Crippen molar-refractivity contribution in [1.82, 2.24) is 15.0 Å². The third-order valence-electron chi connectivity index (χ3n) is 3.69. The van der Waals surface area contributed by atoms with E-state index in [4.69, 9.17) is 4.98 Å². The van der Waals surface area contributed by atoms with Crippen molar-refractivity contribution in [3.63, 3.8) is 0 Å². The van der Waals surface area contributed by atoms with E-state index in [9.17, 15) is 0 Å². The molecule has 0 aliphatic rings. The number of nitrogens with zero attached hydrogens (tertiary/aromatic N) is 3. The molecule has 0 bridgehead atoms. The number of rotatable bonds is 6. The lowest BCUT2D eigenvalue weighted by atomic mass is 10.1. The van der Waals surface area contributed by atoms with Crippen molar-refractivity contribution in [3.05, 3.63) is 53.4 Å². The standard InChI is InChI=1S/C19H21N3S/c1-3-5-16-11-14(7-9-20-16)18-13-23-19(22-18)15-8-10-21-17(12-15)6-4-2/h7-13H,3-6H2,1-2H3. The van der Waals surface area contributed by atoms with Crippen molar-refractivity contribution in [1.29, 1.82) is 0 Å². The van der Waals surface area contributed by atoms with Crippen molar-refractivity contribution in [2.24, 2.45) is 0 Å². The van der Waals surface area contributed by atoms with Crippen LogP contribution in [0, 0.1) is 0 Å². The summed E-state index contributed by atoms with van der Waals surface area (Å²) in [5.74, 6) is 0. The van der Waals surface area contributed by atoms with Crippen LogP contribution in [0.15, 0.2) is 42.0 Å². The second-order valence-corrected chi connectivity index (χ2v) is 6.47. The van der Waals surface area contributed by atoms with E-state index in [2.05, 4.69) is 41.3 Å². The molecule has 4 heteroatoms. The van der Waals surface area contributed by atoms with Crippen LogP contribution in [0.4, 0.5) is 0 Å². The summed E-state index contributed by atoms with van der Waals surface area (Å²) in [7, 11) is 0. The van der Waals surface area contributed by atoms with Crippen molar-refractivity contribution < 1.29 is 0 Å². The largest absolute Gasteiger partial charge is 0.261 e. The Labute approximate surface area is 141 Å². The molecule has 118 valence electrons. The number of pyridine rings is 2. The Balaban J connectivity index is 1.88. The number of aromatic nitrogens is 3. The summed E-state index contributed by atoms with van der Waals surface area (Å²) in [5.41, 5.74) is 5.60. The first kappa shape index (κ1) is 15.8. The minimum absolute atomic E-state index is 1.01. The molecule has 0 unspecified atom stereocenters. The van der Waals surface area contributed by atoms with Crippen LogP contribution in [-0.2, 0) is 12.8 Å². The van der Waals surface area contributed by atoms with Crippen LogP contribution in [-0.4, -0.2) is 15.0 Å². The van der Waals surface area contributed by atoms with Crippen LogP contribution >= 0.6 is 11.3 Å². The molecule has 3 nitrogen and oxygen atoms in total. The quantitative estimate of drug-likeness (QED) is 0.628. The molecule has 0 aromatic carbocycles. The van der Waals surface area contributed by atoms with Crippen LogP contribution in [0.3, 0.4) is 0 Å². The molecular formula is C19H21N3S. The Kier molecular flexibility index (Phi) is 5.13. The van der Waals surface area contributed by atoms with E-state index in [-0.39, 0.29) is 0 Å². The number of hydrogen-bond acceptors (Lipinski definition) is 4. The molecule has 0 spiro atoms. The van der Waals surface area contributed by atoms with Gasteiger partial charge in [-0.05, 0) is 37.1 Å². The monoisotopic (exact) mass is 323 g/mol. The molecule has 23 heavy (non-hydrogen) atoms. The molecule has 0 fully saturated rings. The van der Waals surface area contributed by atoms with Gasteiger partial charge in [-0.25, -0.2) is 4.98 Å². The zero-order valence-electron chi connectivity index (χ0n) is 13.6. The third kappa shape index (κ3) is 3.82. The Bertz CT molecular complexity index is 716. The lowest BCUT2D eigenvalue weighted by molar-refractivity contribution is 0.883. The lowest BCUT2D eigenvalue weighted by Gasteiger charge is -2.02. The van der Waals surface area contributed by atoms with E-state index in [0.29, 0.717) is 0 Å². The lowest BCUT2D eigenvalue weighted by Crippen LogP contribution is -1.90. The predicted molar refractivity (Wildman–Crippen MR) is 96.6 cm³/mol. The van der Waals surface area contributed by atoms with Gasteiger partial charge >= 0.3 is 0 Å². The number of aryl methyl sites for hydroxylation is 2. The van der Waals surface area contributed by atoms with Crippen molar-refractivity contribution in [3.8, 4) is 21.8 Å². The first-order valence-corrected chi connectivity index (χ1v) is 9.04. The fourth-order valence-corrected chi connectivity index (χ4v) is 3.40. The molecular weight excluding hydrogens is 302 g/mol. The van der Waals surface area contributed by atoms with Crippen LogP contribution in [0.1, 0.15) is 38.1 Å². The Morgan fingerprint density at radius 2 is 1.48 bits per heavy atom. The Morgan fingerprint density at radius 3 is 2.13 bits per heavy atom. The maximum Gasteiger partial charge on any atom is 0.124 e. The summed E-state index contributed by atoms with van der Waals surface area (Å²) in [6, 6.07) is 8.38. The topological polar surface area (TPSA) is 38.7 Å². The molecule has 3 heterocycles. The summed E-state index contributed by atoms with van der Waals surface area (Å²) in [6.07, 6.45) is 8.00. The van der Waals surface area contributed by atoms with E-state index in [0.717, 1.165) is 58.9 Å². The molecule has 0 saturated carbocycles. The van der Waals surface area contributed by atoms with Gasteiger partial charge in [-0.2, -0.15) is 0 Å². The molecule has 0 atom stereocenters. The summed E-state index contributed by atoms with van der Waals surface area (Å²) in [5, 5.41) is 3.17. The van der Waals surface area contributed by atoms with Gasteiger partial charge in [0.1, 0.15) is 5.01 Å². The van der Waals surface area contributed by atoms with Gasteiger partial charge in [0.2, 0.25) is 0 Å². The minimum Gasteiger partial charge on any atom is -0.261 e. The van der Waals surface area contributed by atoms with Gasteiger partial charge in [-0.3, -0.25) is 9.97 Å². The molecule has 0 aliphatic carbocycles. The van der Waals surface area contributed by atoms with E-state index in [1.165, 1.54) is 0 Å². The van der Waals surface area contributed by atoms with Gasteiger partial charge in [-0.15, -0.1) is 11.3 Å². The molecule has 0 radical (unpaired) electrons. The predicted octanol–water partition coefficient (Wildman–Crippen LogP) is 5.17. The number of hydrogen-bond donors (Lipinski definition) is 0. The maximum absolute atomic E-state index is 4.82. The fourth-order valence-electron chi connectivity index (χ4n) is 2.57. The van der Waals surface area contributed by atoms with Gasteiger partial charge in [0.05, 0.1) is 5.69 Å². The first-order chi connectivity index (χ1) is 11.3. The zero-order chi connectivity index (χ0) is 16.1. The molecule has 0 saturated heterocycles. The van der Waals surface area contributed by atoms with E-state index < -0.39 is 0 Å². The summed E-state index contributed by atoms with van der Waals surface area (Å²) in [6.45, 7) is 4.35. The molecule has 3 rings (SSSR count). The number of thiazole rings is 1. The highest BCUT2D eigenvalue weighted by molar-refractivity contribution is 7.13. The fraction of sp³-hybridized carbons (Fsp3) is 0.316. The van der Waals surface area contributed by atoms with Crippen molar-refractivity contribution in [2.75, 3.05) is 0 Å². The highest BCUT2D eigenvalue weighted by atomic mass is 32.1. The SMILES string of the molecule is CCCc1cc(-c2csc(-c3ccnc(CCC)c3)n2)ccn1. The second kappa shape index (κ2) is 7.47.